The molecule has 1 rings (SSSR count). The van der Waals surface area contributed by atoms with E-state index in [1.165, 1.54) is 0 Å². The van der Waals surface area contributed by atoms with Gasteiger partial charge in [-0.1, -0.05) is 19.1 Å². The normalized spacial score (nSPS) is 13.2. The molecule has 1 aromatic carbocycles. The van der Waals surface area contributed by atoms with Gasteiger partial charge in [-0.05, 0) is 43.0 Å². The lowest BCUT2D eigenvalue weighted by Crippen LogP contribution is -2.21. The van der Waals surface area contributed by atoms with Crippen molar-refractivity contribution in [3.05, 3.63) is 29.8 Å². The number of hydrogen-bond donors (Lipinski definition) is 1. The minimum atomic E-state index is -2.90. The number of rotatable bonds is 8. The van der Waals surface area contributed by atoms with Crippen LogP contribution in [-0.4, -0.2) is 33.6 Å². The van der Waals surface area contributed by atoms with E-state index in [0.29, 0.717) is 13.0 Å². The summed E-state index contributed by atoms with van der Waals surface area (Å²) in [5.41, 5.74) is 6.89. The molecule has 19 heavy (non-hydrogen) atoms. The molecule has 4 nitrogen and oxygen atoms in total. The highest BCUT2D eigenvalue weighted by atomic mass is 32.2. The Hall–Kier alpha value is -1.07. The Labute approximate surface area is 115 Å². The number of methoxy groups -OCH3 is 1. The van der Waals surface area contributed by atoms with E-state index in [2.05, 4.69) is 0 Å². The quantitative estimate of drug-likeness (QED) is 0.788. The van der Waals surface area contributed by atoms with Crippen LogP contribution in [0.4, 0.5) is 0 Å². The van der Waals surface area contributed by atoms with Crippen molar-refractivity contribution in [2.45, 2.75) is 19.8 Å². The van der Waals surface area contributed by atoms with Gasteiger partial charge in [0.1, 0.15) is 15.6 Å². The fraction of sp³-hybridized carbons (Fsp3) is 0.571. The highest BCUT2D eigenvalue weighted by Crippen LogP contribution is 2.16. The predicted octanol–water partition coefficient (Wildman–Crippen LogP) is 1.64. The SMILES string of the molecule is CCS(=O)(=O)CCC(CN)Cc1ccc(OC)cc1. The zero-order chi connectivity index (χ0) is 14.3. The van der Waals surface area contributed by atoms with Crippen LogP contribution >= 0.6 is 0 Å². The molecule has 0 heterocycles. The van der Waals surface area contributed by atoms with Crippen LogP contribution in [0.15, 0.2) is 24.3 Å². The van der Waals surface area contributed by atoms with Gasteiger partial charge >= 0.3 is 0 Å². The Bertz CT molecular complexity index is 468. The summed E-state index contributed by atoms with van der Waals surface area (Å²) in [6.07, 6.45) is 1.43. The van der Waals surface area contributed by atoms with Gasteiger partial charge in [0.25, 0.3) is 0 Å². The van der Waals surface area contributed by atoms with E-state index in [-0.39, 0.29) is 17.4 Å². The molecule has 0 aliphatic heterocycles. The van der Waals surface area contributed by atoms with Crippen LogP contribution in [0.25, 0.3) is 0 Å². The third-order valence-corrected chi connectivity index (χ3v) is 5.03. The monoisotopic (exact) mass is 285 g/mol. The number of ether oxygens (including phenoxy) is 1. The number of hydrogen-bond acceptors (Lipinski definition) is 4. The average Bonchev–Trinajstić information content (AvgIpc) is 2.44. The molecule has 0 aliphatic rings. The summed E-state index contributed by atoms with van der Waals surface area (Å²) >= 11 is 0. The molecule has 1 atom stereocenters. The molecule has 2 N–H and O–H groups in total. The number of sulfone groups is 1. The highest BCUT2D eigenvalue weighted by molar-refractivity contribution is 7.91. The molecule has 1 aromatic rings. The summed E-state index contributed by atoms with van der Waals surface area (Å²) in [7, 11) is -1.27. The highest BCUT2D eigenvalue weighted by Gasteiger charge is 2.13. The molecule has 0 fully saturated rings. The molecular weight excluding hydrogens is 262 g/mol. The van der Waals surface area contributed by atoms with Gasteiger partial charge < -0.3 is 10.5 Å². The lowest BCUT2D eigenvalue weighted by Gasteiger charge is -2.14. The van der Waals surface area contributed by atoms with Gasteiger partial charge in [-0.3, -0.25) is 0 Å². The van der Waals surface area contributed by atoms with Crippen molar-refractivity contribution in [2.75, 3.05) is 25.2 Å². The molecule has 0 saturated heterocycles. The first kappa shape index (κ1) is 16.0. The van der Waals surface area contributed by atoms with Crippen LogP contribution in [0.2, 0.25) is 0 Å². The fourth-order valence-corrected chi connectivity index (χ4v) is 2.87. The van der Waals surface area contributed by atoms with E-state index in [0.717, 1.165) is 17.7 Å². The maximum atomic E-state index is 11.5. The molecule has 0 saturated carbocycles. The maximum absolute atomic E-state index is 11.5. The first-order valence-electron chi connectivity index (χ1n) is 6.54. The third kappa shape index (κ3) is 5.61. The van der Waals surface area contributed by atoms with Gasteiger partial charge in [-0.2, -0.15) is 0 Å². The topological polar surface area (TPSA) is 69.4 Å². The van der Waals surface area contributed by atoms with Crippen LogP contribution in [0.3, 0.4) is 0 Å². The van der Waals surface area contributed by atoms with Crippen molar-refractivity contribution in [1.82, 2.24) is 0 Å². The van der Waals surface area contributed by atoms with Gasteiger partial charge in [0.05, 0.1) is 12.9 Å². The van der Waals surface area contributed by atoms with Gasteiger partial charge in [0.15, 0.2) is 0 Å². The third-order valence-electron chi connectivity index (χ3n) is 3.29. The summed E-state index contributed by atoms with van der Waals surface area (Å²) in [5.74, 6) is 1.45. The molecule has 0 amide bonds. The average molecular weight is 285 g/mol. The second-order valence-corrected chi connectivity index (χ2v) is 7.15. The van der Waals surface area contributed by atoms with Gasteiger partial charge in [-0.15, -0.1) is 0 Å². The zero-order valence-corrected chi connectivity index (χ0v) is 12.4. The summed E-state index contributed by atoms with van der Waals surface area (Å²) in [4.78, 5) is 0. The van der Waals surface area contributed by atoms with Gasteiger partial charge in [0.2, 0.25) is 0 Å². The minimum Gasteiger partial charge on any atom is -0.497 e. The van der Waals surface area contributed by atoms with Crippen molar-refractivity contribution >= 4 is 9.84 Å². The van der Waals surface area contributed by atoms with Crippen molar-refractivity contribution < 1.29 is 13.2 Å². The van der Waals surface area contributed by atoms with Crippen LogP contribution < -0.4 is 10.5 Å². The van der Waals surface area contributed by atoms with E-state index in [1.807, 2.05) is 24.3 Å². The fourth-order valence-electron chi connectivity index (χ4n) is 1.89. The Morgan fingerprint density at radius 1 is 1.26 bits per heavy atom. The second-order valence-electron chi connectivity index (χ2n) is 4.68. The largest absolute Gasteiger partial charge is 0.497 e. The number of benzene rings is 1. The summed E-state index contributed by atoms with van der Waals surface area (Å²) < 4.78 is 28.1. The Morgan fingerprint density at radius 3 is 2.37 bits per heavy atom. The lowest BCUT2D eigenvalue weighted by atomic mass is 9.97. The molecule has 0 bridgehead atoms. The zero-order valence-electron chi connectivity index (χ0n) is 11.6. The van der Waals surface area contributed by atoms with Crippen molar-refractivity contribution in [1.29, 1.82) is 0 Å². The lowest BCUT2D eigenvalue weighted by molar-refractivity contribution is 0.414. The maximum Gasteiger partial charge on any atom is 0.150 e. The van der Waals surface area contributed by atoms with E-state index in [9.17, 15) is 8.42 Å². The summed E-state index contributed by atoms with van der Waals surface area (Å²) in [6.45, 7) is 2.18. The first-order valence-corrected chi connectivity index (χ1v) is 8.36. The van der Waals surface area contributed by atoms with Crippen molar-refractivity contribution in [3.63, 3.8) is 0 Å². The van der Waals surface area contributed by atoms with Crippen LogP contribution in [0.1, 0.15) is 18.9 Å². The standard InChI is InChI=1S/C14H23NO3S/c1-3-19(16,17)9-8-13(11-15)10-12-4-6-14(18-2)7-5-12/h4-7,13H,3,8-11,15H2,1-2H3. The molecular formula is C14H23NO3S. The Balaban J connectivity index is 2.56. The Kier molecular flexibility index (Phi) is 6.31. The van der Waals surface area contributed by atoms with Gasteiger partial charge in [0, 0.05) is 5.75 Å². The second kappa shape index (κ2) is 7.50. The minimum absolute atomic E-state index is 0.201. The van der Waals surface area contributed by atoms with Crippen LogP contribution in [0, 0.1) is 5.92 Å². The predicted molar refractivity (Wildman–Crippen MR) is 78.2 cm³/mol. The molecule has 0 radical (unpaired) electrons. The van der Waals surface area contributed by atoms with E-state index in [1.54, 1.807) is 14.0 Å². The first-order chi connectivity index (χ1) is 9.00. The van der Waals surface area contributed by atoms with E-state index < -0.39 is 9.84 Å². The van der Waals surface area contributed by atoms with E-state index in [4.69, 9.17) is 10.5 Å². The van der Waals surface area contributed by atoms with Gasteiger partial charge in [-0.25, -0.2) is 8.42 Å². The molecule has 0 aliphatic carbocycles. The molecule has 0 spiro atoms. The number of nitrogens with two attached hydrogens (primary N) is 1. The molecule has 5 heteroatoms. The smallest absolute Gasteiger partial charge is 0.150 e. The summed E-state index contributed by atoms with van der Waals surface area (Å²) in [5, 5.41) is 0. The molecule has 0 aromatic heterocycles. The van der Waals surface area contributed by atoms with Crippen LogP contribution in [-0.2, 0) is 16.3 Å². The van der Waals surface area contributed by atoms with Crippen molar-refractivity contribution in [2.24, 2.45) is 11.7 Å². The van der Waals surface area contributed by atoms with Crippen LogP contribution in [0.5, 0.6) is 5.75 Å². The van der Waals surface area contributed by atoms with E-state index >= 15 is 0 Å². The van der Waals surface area contributed by atoms with Crippen molar-refractivity contribution in [3.8, 4) is 5.75 Å². The summed E-state index contributed by atoms with van der Waals surface area (Å²) in [6, 6.07) is 7.81. The Morgan fingerprint density at radius 2 is 1.89 bits per heavy atom. The molecule has 108 valence electrons. The molecule has 1 unspecified atom stereocenters.